The number of methoxy groups -OCH3 is 2. The number of rotatable bonds is 18. The van der Waals surface area contributed by atoms with Gasteiger partial charge in [0.1, 0.15) is 31.2 Å². The molecule has 0 radical (unpaired) electrons. The van der Waals surface area contributed by atoms with Crippen molar-refractivity contribution in [3.63, 3.8) is 0 Å². The summed E-state index contributed by atoms with van der Waals surface area (Å²) in [5.41, 5.74) is -2.34. The summed E-state index contributed by atoms with van der Waals surface area (Å²) in [5, 5.41) is 15.0. The number of esters is 1. The number of hydrogen-bond acceptors (Lipinski definition) is 12. The molecule has 0 unspecified atom stereocenters. The Morgan fingerprint density at radius 3 is 2.01 bits per heavy atom. The highest BCUT2D eigenvalue weighted by atomic mass is 32.2. The molecule has 12 nitrogen and oxygen atoms in total. The van der Waals surface area contributed by atoms with E-state index in [2.05, 4.69) is 65.0 Å². The SMILES string of the molecule is COCO[C@@H]1[C@H]2C=C[C@@H](/C(C)=C/CS(=O)(=O)c3ccccc3)[C@@](C)(/C(O)=C3\C(=O)O[C@]4(CC(CO[Si](c5ccccc5)(c5ccccc5)C(C)(C)C)=C[C@H](OCOC)[C@H]4/C=C(\C)C=O)C3=O)[C@@H]2[C@@H](C)C[C@@H]1C. The normalized spacial score (nSPS) is 29.9. The summed E-state index contributed by atoms with van der Waals surface area (Å²) in [4.78, 5) is 43.6. The standard InChI is InChI=1S/C58H72O12SSi/c1-38(34-59)30-48-49(67-36-65-9)32-42(35-69-72(56(5,6)7,44-22-16-12-17-23-44)45-24-18-13-19-25-45)33-58(48)54(61)50(55(62)70-58)53(60)57(8)47(39(2)28-29-71(63,64)43-20-14-11-15-21-43)27-26-46-51(57)40(3)31-41(4)52(46)68-37-66-10/h11-28,30,32,34,40-41,46-49,51-52,60H,29,31,33,35-37H2,1-10H3/b38-30+,39-28+,53-50+/t40-,41-,46-,47-,48+,49-,51+,52-,57+,58-/m0/s1. The fourth-order valence-electron chi connectivity index (χ4n) is 12.5. The van der Waals surface area contributed by atoms with Crippen LogP contribution in [0, 0.1) is 40.9 Å². The number of carbonyl (C=O) groups is 3. The summed E-state index contributed by atoms with van der Waals surface area (Å²) in [6.45, 7) is 15.9. The van der Waals surface area contributed by atoms with Crippen LogP contribution in [0.4, 0.5) is 0 Å². The minimum absolute atomic E-state index is 0.0314. The van der Waals surface area contributed by atoms with Crippen LogP contribution in [0.1, 0.15) is 68.2 Å². The highest BCUT2D eigenvalue weighted by molar-refractivity contribution is 7.91. The smallest absolute Gasteiger partial charge is 0.346 e. The lowest BCUT2D eigenvalue weighted by molar-refractivity contribution is -0.165. The van der Waals surface area contributed by atoms with Crippen molar-refractivity contribution < 1.29 is 56.0 Å². The number of benzene rings is 3. The fraction of sp³-hybridized carbons (Fsp3) is 0.466. The number of hydrogen-bond donors (Lipinski definition) is 1. The average molecular weight is 1020 g/mol. The topological polar surface area (TPSA) is 161 Å². The third-order valence-corrected chi connectivity index (χ3v) is 22.3. The first-order valence-electron chi connectivity index (χ1n) is 24.9. The Hall–Kier alpha value is -5.06. The number of aldehydes is 1. The molecule has 2 fully saturated rings. The predicted molar refractivity (Wildman–Crippen MR) is 279 cm³/mol. The van der Waals surface area contributed by atoms with Crippen molar-refractivity contribution in [1.82, 2.24) is 0 Å². The van der Waals surface area contributed by atoms with Crippen LogP contribution in [0.15, 0.2) is 154 Å². The number of carbonyl (C=O) groups excluding carboxylic acids is 3. The van der Waals surface area contributed by atoms with E-state index in [1.807, 2.05) is 62.4 Å². The van der Waals surface area contributed by atoms with Gasteiger partial charge in [0.25, 0.3) is 8.32 Å². The van der Waals surface area contributed by atoms with Crippen molar-refractivity contribution in [1.29, 1.82) is 0 Å². The minimum atomic E-state index is -3.76. The number of sulfone groups is 1. The van der Waals surface area contributed by atoms with Crippen LogP contribution in [0.3, 0.4) is 0 Å². The van der Waals surface area contributed by atoms with Gasteiger partial charge >= 0.3 is 5.97 Å². The third kappa shape index (κ3) is 10.2. The number of fused-ring (bicyclic) bond motifs is 1. The zero-order valence-corrected chi connectivity index (χ0v) is 45.1. The summed E-state index contributed by atoms with van der Waals surface area (Å²) < 4.78 is 64.8. The first kappa shape index (κ1) is 54.7. The first-order valence-corrected chi connectivity index (χ1v) is 28.4. The third-order valence-electron chi connectivity index (χ3n) is 15.7. The molecule has 14 heteroatoms. The summed E-state index contributed by atoms with van der Waals surface area (Å²) in [7, 11) is -3.87. The molecule has 0 aromatic heterocycles. The quantitative estimate of drug-likeness (QED) is 0.0189. The number of Topliss-reactive ketones (excluding diaryl/α,β-unsaturated/α-hetero) is 1. The molecule has 1 aliphatic heterocycles. The van der Waals surface area contributed by atoms with Gasteiger partial charge in [0, 0.05) is 37.9 Å². The molecule has 1 saturated heterocycles. The Labute approximate surface area is 427 Å². The lowest BCUT2D eigenvalue weighted by atomic mass is 9.49. The Morgan fingerprint density at radius 1 is 0.861 bits per heavy atom. The number of aliphatic hydroxyl groups is 1. The number of ether oxygens (including phenoxy) is 5. The van der Waals surface area contributed by atoms with Gasteiger partial charge in [-0.05, 0) is 76.7 Å². The minimum Gasteiger partial charge on any atom is -0.511 e. The molecule has 0 amide bonds. The van der Waals surface area contributed by atoms with Crippen molar-refractivity contribution >= 4 is 46.6 Å². The van der Waals surface area contributed by atoms with E-state index >= 15 is 9.59 Å². The lowest BCUT2D eigenvalue weighted by Gasteiger charge is -2.56. The van der Waals surface area contributed by atoms with E-state index in [1.54, 1.807) is 56.5 Å². The summed E-state index contributed by atoms with van der Waals surface area (Å²) >= 11 is 0. The molecular formula is C58H72O12SSi. The monoisotopic (exact) mass is 1020 g/mol. The summed E-state index contributed by atoms with van der Waals surface area (Å²) in [5.74, 6) is -4.96. The fourth-order valence-corrected chi connectivity index (χ4v) is 18.3. The second kappa shape index (κ2) is 22.2. The molecule has 3 aliphatic carbocycles. The van der Waals surface area contributed by atoms with E-state index in [4.69, 9.17) is 28.1 Å². The lowest BCUT2D eigenvalue weighted by Crippen LogP contribution is -2.66. The highest BCUT2D eigenvalue weighted by Gasteiger charge is 2.64. The van der Waals surface area contributed by atoms with Crippen LogP contribution in [-0.4, -0.2) is 97.9 Å². The van der Waals surface area contributed by atoms with Gasteiger partial charge in [-0.1, -0.05) is 156 Å². The molecule has 72 heavy (non-hydrogen) atoms. The van der Waals surface area contributed by atoms with Gasteiger partial charge in [-0.2, -0.15) is 0 Å². The van der Waals surface area contributed by atoms with E-state index in [9.17, 15) is 18.3 Å². The maximum Gasteiger partial charge on any atom is 0.346 e. The Balaban J connectivity index is 1.38. The van der Waals surface area contributed by atoms with Gasteiger partial charge in [0.2, 0.25) is 5.78 Å². The van der Waals surface area contributed by atoms with E-state index in [-0.39, 0.29) is 66.7 Å². The molecule has 4 aliphatic rings. The molecule has 10 atom stereocenters. The van der Waals surface area contributed by atoms with Crippen LogP contribution >= 0.6 is 0 Å². The van der Waals surface area contributed by atoms with Crippen molar-refractivity contribution in [2.24, 2.45) is 40.9 Å². The zero-order chi connectivity index (χ0) is 52.2. The molecule has 1 spiro atoms. The van der Waals surface area contributed by atoms with Gasteiger partial charge < -0.3 is 33.2 Å². The molecule has 0 bridgehead atoms. The van der Waals surface area contributed by atoms with E-state index in [0.717, 1.165) is 10.4 Å². The molecule has 386 valence electrons. The summed E-state index contributed by atoms with van der Waals surface area (Å²) in [6, 6.07) is 28.5. The van der Waals surface area contributed by atoms with Gasteiger partial charge in [-0.3, -0.25) is 9.59 Å². The molecule has 1 saturated carbocycles. The summed E-state index contributed by atoms with van der Waals surface area (Å²) in [6.07, 6.45) is 9.09. The van der Waals surface area contributed by atoms with Crippen LogP contribution in [-0.2, 0) is 52.3 Å². The molecular weight excluding hydrogens is 949 g/mol. The van der Waals surface area contributed by atoms with Crippen molar-refractivity contribution in [3.8, 4) is 0 Å². The van der Waals surface area contributed by atoms with Crippen molar-refractivity contribution in [2.45, 2.75) is 96.0 Å². The molecule has 1 N–H and O–H groups in total. The maximum absolute atomic E-state index is 16.0. The van der Waals surface area contributed by atoms with Gasteiger partial charge in [-0.15, -0.1) is 0 Å². The number of ketones is 1. The van der Waals surface area contributed by atoms with E-state index in [1.165, 1.54) is 7.11 Å². The predicted octanol–water partition coefficient (Wildman–Crippen LogP) is 8.83. The first-order chi connectivity index (χ1) is 34.2. The zero-order valence-electron chi connectivity index (χ0n) is 43.3. The van der Waals surface area contributed by atoms with E-state index < -0.39 is 81.2 Å². The van der Waals surface area contributed by atoms with Gasteiger partial charge in [0.05, 0.1) is 35.4 Å². The highest BCUT2D eigenvalue weighted by Crippen LogP contribution is 2.60. The molecule has 3 aromatic carbocycles. The Kier molecular flexibility index (Phi) is 16.9. The van der Waals surface area contributed by atoms with Crippen LogP contribution in [0.2, 0.25) is 5.04 Å². The van der Waals surface area contributed by atoms with E-state index in [0.29, 0.717) is 23.9 Å². The van der Waals surface area contributed by atoms with Gasteiger partial charge in [-0.25, -0.2) is 13.2 Å². The maximum atomic E-state index is 16.0. The second-order valence-electron chi connectivity index (χ2n) is 21.4. The Morgan fingerprint density at radius 2 is 1.44 bits per heavy atom. The van der Waals surface area contributed by atoms with Crippen molar-refractivity contribution in [2.75, 3.05) is 40.2 Å². The number of aliphatic hydroxyl groups excluding tert-OH is 1. The molecule has 1 heterocycles. The van der Waals surface area contributed by atoms with Crippen molar-refractivity contribution in [3.05, 3.63) is 149 Å². The second-order valence-corrected chi connectivity index (χ2v) is 27.7. The van der Waals surface area contributed by atoms with Gasteiger partial charge in [0.15, 0.2) is 15.4 Å². The van der Waals surface area contributed by atoms with Crippen LogP contribution < -0.4 is 10.4 Å². The molecule has 3 aromatic rings. The molecule has 7 rings (SSSR count). The average Bonchev–Trinajstić information content (AvgIpc) is 3.60. The van der Waals surface area contributed by atoms with Crippen LogP contribution in [0.25, 0.3) is 0 Å². The number of allylic oxidation sites excluding steroid dienone is 4. The van der Waals surface area contributed by atoms with Crippen LogP contribution in [0.5, 0.6) is 0 Å². The largest absolute Gasteiger partial charge is 0.511 e. The Bertz CT molecular complexity index is 2670.